The molecule has 1 saturated heterocycles. The van der Waals surface area contributed by atoms with E-state index in [9.17, 15) is 4.79 Å². The van der Waals surface area contributed by atoms with E-state index in [2.05, 4.69) is 11.2 Å². The lowest BCUT2D eigenvalue weighted by Crippen LogP contribution is -2.46. The van der Waals surface area contributed by atoms with Gasteiger partial charge in [-0.25, -0.2) is 4.79 Å². The third-order valence-corrected chi connectivity index (χ3v) is 2.99. The molecule has 90 valence electrons. The Balaban J connectivity index is 2.04. The van der Waals surface area contributed by atoms with E-state index in [1.165, 1.54) is 0 Å². The number of nitrogens with zero attached hydrogens (tertiary/aromatic N) is 1. The highest BCUT2D eigenvalue weighted by Gasteiger charge is 2.20. The minimum absolute atomic E-state index is 0.299. The van der Waals surface area contributed by atoms with E-state index in [1.54, 1.807) is 4.90 Å². The molecule has 0 unspecified atom stereocenters. The van der Waals surface area contributed by atoms with Crippen molar-refractivity contribution in [2.45, 2.75) is 38.1 Å². The van der Waals surface area contributed by atoms with Gasteiger partial charge in [0.25, 0.3) is 0 Å². The predicted molar refractivity (Wildman–Crippen MR) is 64.9 cm³/mol. The van der Waals surface area contributed by atoms with Gasteiger partial charge in [0, 0.05) is 25.6 Å². The Labute approximate surface area is 97.6 Å². The van der Waals surface area contributed by atoms with Gasteiger partial charge < -0.3 is 16.0 Å². The number of amides is 2. The average molecular weight is 223 g/mol. The van der Waals surface area contributed by atoms with Crippen LogP contribution in [0.15, 0.2) is 0 Å². The maximum Gasteiger partial charge on any atom is 0.314 e. The van der Waals surface area contributed by atoms with Gasteiger partial charge in [-0.1, -0.05) is 0 Å². The zero-order valence-corrected chi connectivity index (χ0v) is 9.74. The summed E-state index contributed by atoms with van der Waals surface area (Å²) in [6, 6.07) is 0.230. The van der Waals surface area contributed by atoms with Crippen LogP contribution in [0.4, 0.5) is 4.79 Å². The van der Waals surface area contributed by atoms with Crippen LogP contribution in [0.1, 0.15) is 32.1 Å². The van der Waals surface area contributed by atoms with E-state index in [1.807, 2.05) is 0 Å². The number of hydrogen-bond donors (Lipinski definition) is 2. The molecule has 1 rings (SSSR count). The highest BCUT2D eigenvalue weighted by Crippen LogP contribution is 2.09. The first kappa shape index (κ1) is 12.9. The molecule has 2 amide bonds. The summed E-state index contributed by atoms with van der Waals surface area (Å²) in [6.07, 6.45) is 10.2. The lowest BCUT2D eigenvalue weighted by molar-refractivity contribution is 0.185. The number of nitrogens with one attached hydrogen (secondary N) is 1. The van der Waals surface area contributed by atoms with Crippen LogP contribution >= 0.6 is 0 Å². The van der Waals surface area contributed by atoms with E-state index in [0.717, 1.165) is 51.7 Å². The minimum atomic E-state index is -0.299. The Morgan fingerprint density at radius 3 is 2.69 bits per heavy atom. The second-order valence-corrected chi connectivity index (χ2v) is 4.21. The molecule has 1 fully saturated rings. The fourth-order valence-electron chi connectivity index (χ4n) is 1.96. The quantitative estimate of drug-likeness (QED) is 0.538. The summed E-state index contributed by atoms with van der Waals surface area (Å²) in [4.78, 5) is 12.6. The smallest absolute Gasteiger partial charge is 0.314 e. The molecule has 3 N–H and O–H groups in total. The molecule has 0 radical (unpaired) electrons. The molecule has 1 heterocycles. The van der Waals surface area contributed by atoms with Gasteiger partial charge in [0.1, 0.15) is 0 Å². The molecule has 1 aliphatic heterocycles. The molecule has 16 heavy (non-hydrogen) atoms. The SMILES string of the molecule is C#CCCCCNC1CCN(C(N)=O)CC1. The van der Waals surface area contributed by atoms with Crippen molar-refractivity contribution in [3.05, 3.63) is 0 Å². The topological polar surface area (TPSA) is 58.4 Å². The van der Waals surface area contributed by atoms with E-state index in [-0.39, 0.29) is 6.03 Å². The van der Waals surface area contributed by atoms with E-state index in [0.29, 0.717) is 6.04 Å². The van der Waals surface area contributed by atoms with Crippen LogP contribution in [-0.4, -0.2) is 36.6 Å². The Morgan fingerprint density at radius 2 is 2.12 bits per heavy atom. The van der Waals surface area contributed by atoms with Crippen molar-refractivity contribution in [2.75, 3.05) is 19.6 Å². The monoisotopic (exact) mass is 223 g/mol. The predicted octanol–water partition coefficient (Wildman–Crippen LogP) is 0.923. The zero-order valence-electron chi connectivity index (χ0n) is 9.74. The van der Waals surface area contributed by atoms with Gasteiger partial charge in [-0.15, -0.1) is 12.3 Å². The number of carbonyl (C=O) groups excluding carboxylic acids is 1. The van der Waals surface area contributed by atoms with Crippen molar-refractivity contribution >= 4 is 6.03 Å². The number of terminal acetylenes is 1. The molecular weight excluding hydrogens is 202 g/mol. The van der Waals surface area contributed by atoms with Crippen LogP contribution < -0.4 is 11.1 Å². The van der Waals surface area contributed by atoms with Gasteiger partial charge in [-0.3, -0.25) is 0 Å². The molecule has 0 saturated carbocycles. The van der Waals surface area contributed by atoms with Gasteiger partial charge >= 0.3 is 6.03 Å². The Morgan fingerprint density at radius 1 is 1.44 bits per heavy atom. The molecular formula is C12H21N3O. The summed E-state index contributed by atoms with van der Waals surface area (Å²) in [7, 11) is 0. The first-order valence-electron chi connectivity index (χ1n) is 5.95. The second kappa shape index (κ2) is 7.13. The number of rotatable bonds is 5. The Bertz CT molecular complexity index is 251. The lowest BCUT2D eigenvalue weighted by Gasteiger charge is -2.31. The summed E-state index contributed by atoms with van der Waals surface area (Å²) in [5.74, 6) is 2.64. The number of urea groups is 1. The number of unbranched alkanes of at least 4 members (excludes halogenated alkanes) is 2. The molecule has 4 nitrogen and oxygen atoms in total. The van der Waals surface area contributed by atoms with Crippen molar-refractivity contribution in [3.8, 4) is 12.3 Å². The van der Waals surface area contributed by atoms with Crippen molar-refractivity contribution in [1.82, 2.24) is 10.2 Å². The van der Waals surface area contributed by atoms with Gasteiger partial charge in [-0.05, 0) is 32.2 Å². The van der Waals surface area contributed by atoms with Crippen molar-refractivity contribution in [1.29, 1.82) is 0 Å². The van der Waals surface area contributed by atoms with E-state index >= 15 is 0 Å². The normalized spacial score (nSPS) is 17.1. The van der Waals surface area contributed by atoms with Crippen LogP contribution in [0.5, 0.6) is 0 Å². The first-order chi connectivity index (χ1) is 7.74. The molecule has 0 atom stereocenters. The minimum Gasteiger partial charge on any atom is -0.351 e. The maximum atomic E-state index is 10.9. The fourth-order valence-corrected chi connectivity index (χ4v) is 1.96. The number of nitrogens with two attached hydrogens (primary N) is 1. The van der Waals surface area contributed by atoms with Crippen LogP contribution in [-0.2, 0) is 0 Å². The summed E-state index contributed by atoms with van der Waals surface area (Å²) < 4.78 is 0. The van der Waals surface area contributed by atoms with Gasteiger partial charge in [-0.2, -0.15) is 0 Å². The second-order valence-electron chi connectivity index (χ2n) is 4.21. The van der Waals surface area contributed by atoms with Gasteiger partial charge in [0.2, 0.25) is 0 Å². The highest BCUT2D eigenvalue weighted by atomic mass is 16.2. The molecule has 0 aliphatic carbocycles. The molecule has 0 aromatic carbocycles. The van der Waals surface area contributed by atoms with Crippen LogP contribution in [0.25, 0.3) is 0 Å². The molecule has 0 spiro atoms. The molecule has 0 aromatic heterocycles. The third kappa shape index (κ3) is 4.54. The zero-order chi connectivity index (χ0) is 11.8. The molecule has 0 bridgehead atoms. The highest BCUT2D eigenvalue weighted by molar-refractivity contribution is 5.72. The van der Waals surface area contributed by atoms with Crippen molar-refractivity contribution in [3.63, 3.8) is 0 Å². The summed E-state index contributed by atoms with van der Waals surface area (Å²) in [6.45, 7) is 2.57. The number of likely N-dealkylation sites (tertiary alicyclic amines) is 1. The fraction of sp³-hybridized carbons (Fsp3) is 0.750. The first-order valence-corrected chi connectivity index (χ1v) is 5.95. The number of piperidine rings is 1. The molecule has 1 aliphatic rings. The molecule has 4 heteroatoms. The van der Waals surface area contributed by atoms with E-state index in [4.69, 9.17) is 12.2 Å². The Kier molecular flexibility index (Phi) is 5.73. The Hall–Kier alpha value is -1.21. The number of primary amides is 1. The molecule has 0 aromatic rings. The third-order valence-electron chi connectivity index (χ3n) is 2.99. The van der Waals surface area contributed by atoms with Gasteiger partial charge in [0.05, 0.1) is 0 Å². The standard InChI is InChI=1S/C12H21N3O/c1-2-3-4-5-8-14-11-6-9-15(10-7-11)12(13)16/h1,11,14H,3-10H2,(H2,13,16). The van der Waals surface area contributed by atoms with Crippen LogP contribution in [0.2, 0.25) is 0 Å². The van der Waals surface area contributed by atoms with Crippen molar-refractivity contribution < 1.29 is 4.79 Å². The van der Waals surface area contributed by atoms with Gasteiger partial charge in [0.15, 0.2) is 0 Å². The lowest BCUT2D eigenvalue weighted by atomic mass is 10.1. The maximum absolute atomic E-state index is 10.9. The summed E-state index contributed by atoms with van der Waals surface area (Å²) in [5.41, 5.74) is 5.22. The average Bonchev–Trinajstić information content (AvgIpc) is 2.29. The number of carbonyl (C=O) groups is 1. The van der Waals surface area contributed by atoms with Crippen LogP contribution in [0, 0.1) is 12.3 Å². The number of hydrogen-bond acceptors (Lipinski definition) is 2. The van der Waals surface area contributed by atoms with Crippen LogP contribution in [0.3, 0.4) is 0 Å². The van der Waals surface area contributed by atoms with Crippen molar-refractivity contribution in [2.24, 2.45) is 5.73 Å². The van der Waals surface area contributed by atoms with E-state index < -0.39 is 0 Å². The summed E-state index contributed by atoms with van der Waals surface area (Å²) >= 11 is 0. The summed E-state index contributed by atoms with van der Waals surface area (Å²) in [5, 5.41) is 3.49. The largest absolute Gasteiger partial charge is 0.351 e.